The molecular formula is C19H24FNO2. The van der Waals surface area contributed by atoms with Crippen LogP contribution in [0.25, 0.3) is 0 Å². The van der Waals surface area contributed by atoms with Gasteiger partial charge >= 0.3 is 0 Å². The Labute approximate surface area is 137 Å². The minimum absolute atomic E-state index is 0.0507. The van der Waals surface area contributed by atoms with Gasteiger partial charge in [0.25, 0.3) is 0 Å². The van der Waals surface area contributed by atoms with Crippen LogP contribution in [-0.2, 0) is 6.42 Å². The van der Waals surface area contributed by atoms with Gasteiger partial charge < -0.3 is 15.2 Å². The zero-order valence-corrected chi connectivity index (χ0v) is 13.8. The van der Waals surface area contributed by atoms with Crippen molar-refractivity contribution in [1.82, 2.24) is 5.32 Å². The van der Waals surface area contributed by atoms with Crippen molar-refractivity contribution in [3.05, 3.63) is 65.5 Å². The summed E-state index contributed by atoms with van der Waals surface area (Å²) in [6.45, 7) is 3.91. The first-order valence-corrected chi connectivity index (χ1v) is 7.82. The number of aliphatic hydroxyl groups excluding tert-OH is 1. The number of methoxy groups -OCH3 is 1. The van der Waals surface area contributed by atoms with Crippen LogP contribution in [0.15, 0.2) is 48.5 Å². The maximum Gasteiger partial charge on any atom is 0.126 e. The Hall–Kier alpha value is -1.91. The SMILES string of the molecule is COc1ccc([C@H](O)[C@H](C)N[C@H](C)Cc2ccccc2F)cc1. The number of hydrogen-bond acceptors (Lipinski definition) is 3. The molecule has 0 heterocycles. The Bertz CT molecular complexity index is 615. The Kier molecular flexibility index (Phi) is 6.13. The van der Waals surface area contributed by atoms with E-state index in [4.69, 9.17) is 4.74 Å². The van der Waals surface area contributed by atoms with Crippen molar-refractivity contribution in [2.45, 2.75) is 38.5 Å². The summed E-state index contributed by atoms with van der Waals surface area (Å²) in [6.07, 6.45) is -0.0595. The summed E-state index contributed by atoms with van der Waals surface area (Å²) in [6, 6.07) is 14.0. The number of halogens is 1. The fourth-order valence-electron chi connectivity index (χ4n) is 2.68. The average molecular weight is 317 g/mol. The zero-order chi connectivity index (χ0) is 16.8. The van der Waals surface area contributed by atoms with Crippen LogP contribution in [0.5, 0.6) is 5.75 Å². The standard InChI is InChI=1S/C19H24FNO2/c1-13(12-16-6-4-5-7-18(16)20)21-14(2)19(22)15-8-10-17(23-3)11-9-15/h4-11,13-14,19,21-22H,12H2,1-3H3/t13-,14+,19-/m1/s1. The van der Waals surface area contributed by atoms with Gasteiger partial charge in [0.15, 0.2) is 0 Å². The van der Waals surface area contributed by atoms with E-state index in [0.29, 0.717) is 12.0 Å². The van der Waals surface area contributed by atoms with E-state index >= 15 is 0 Å². The molecule has 3 atom stereocenters. The van der Waals surface area contributed by atoms with E-state index in [9.17, 15) is 9.50 Å². The minimum Gasteiger partial charge on any atom is -0.497 e. The molecule has 4 heteroatoms. The molecule has 0 aliphatic carbocycles. The highest BCUT2D eigenvalue weighted by Gasteiger charge is 2.19. The quantitative estimate of drug-likeness (QED) is 0.821. The van der Waals surface area contributed by atoms with Crippen LogP contribution in [0.3, 0.4) is 0 Å². The second-order valence-corrected chi connectivity index (χ2v) is 5.87. The van der Waals surface area contributed by atoms with Gasteiger partial charge in [-0.05, 0) is 49.6 Å². The maximum atomic E-state index is 13.7. The molecule has 0 radical (unpaired) electrons. The van der Waals surface area contributed by atoms with Crippen LogP contribution in [0, 0.1) is 5.82 Å². The second-order valence-electron chi connectivity index (χ2n) is 5.87. The van der Waals surface area contributed by atoms with Gasteiger partial charge in [0.05, 0.1) is 13.2 Å². The number of rotatable bonds is 7. The first-order valence-electron chi connectivity index (χ1n) is 7.82. The van der Waals surface area contributed by atoms with E-state index in [1.165, 1.54) is 6.07 Å². The molecule has 2 aromatic rings. The molecule has 2 N–H and O–H groups in total. The largest absolute Gasteiger partial charge is 0.497 e. The molecule has 0 spiro atoms. The van der Waals surface area contributed by atoms with Crippen LogP contribution in [0.4, 0.5) is 4.39 Å². The van der Waals surface area contributed by atoms with Crippen molar-refractivity contribution in [3.63, 3.8) is 0 Å². The normalized spacial score (nSPS) is 15.0. The summed E-state index contributed by atoms with van der Waals surface area (Å²) < 4.78 is 18.8. The first-order chi connectivity index (χ1) is 11.0. The lowest BCUT2D eigenvalue weighted by molar-refractivity contribution is 0.130. The maximum absolute atomic E-state index is 13.7. The number of benzene rings is 2. The summed E-state index contributed by atoms with van der Waals surface area (Å²) in [7, 11) is 1.61. The highest BCUT2D eigenvalue weighted by atomic mass is 19.1. The summed E-state index contributed by atoms with van der Waals surface area (Å²) in [5, 5.41) is 13.8. The lowest BCUT2D eigenvalue weighted by Crippen LogP contribution is -2.39. The first kappa shape index (κ1) is 17.4. The van der Waals surface area contributed by atoms with Gasteiger partial charge in [-0.3, -0.25) is 0 Å². The number of ether oxygens (including phenoxy) is 1. The van der Waals surface area contributed by atoms with E-state index in [1.54, 1.807) is 19.2 Å². The van der Waals surface area contributed by atoms with E-state index in [2.05, 4.69) is 5.32 Å². The Balaban J connectivity index is 1.94. The Morgan fingerprint density at radius 1 is 1.09 bits per heavy atom. The van der Waals surface area contributed by atoms with E-state index in [1.807, 2.05) is 44.2 Å². The van der Waals surface area contributed by atoms with Crippen LogP contribution >= 0.6 is 0 Å². The van der Waals surface area contributed by atoms with Gasteiger partial charge in [-0.2, -0.15) is 0 Å². The van der Waals surface area contributed by atoms with Gasteiger partial charge in [-0.25, -0.2) is 4.39 Å². The Morgan fingerprint density at radius 3 is 2.35 bits per heavy atom. The molecule has 0 saturated heterocycles. The predicted octanol–water partition coefficient (Wildman–Crippen LogP) is 3.48. The fraction of sp³-hybridized carbons (Fsp3) is 0.368. The highest BCUT2D eigenvalue weighted by molar-refractivity contribution is 5.29. The van der Waals surface area contributed by atoms with Crippen molar-refractivity contribution in [2.75, 3.05) is 7.11 Å². The molecule has 124 valence electrons. The molecule has 0 aliphatic rings. The molecule has 0 amide bonds. The molecule has 0 aromatic heterocycles. The third kappa shape index (κ3) is 4.78. The van der Waals surface area contributed by atoms with Crippen LogP contribution < -0.4 is 10.1 Å². The molecule has 0 saturated carbocycles. The van der Waals surface area contributed by atoms with E-state index in [0.717, 1.165) is 11.3 Å². The van der Waals surface area contributed by atoms with Crippen LogP contribution in [0.1, 0.15) is 31.1 Å². The van der Waals surface area contributed by atoms with Crippen molar-refractivity contribution >= 4 is 0 Å². The van der Waals surface area contributed by atoms with Crippen molar-refractivity contribution in [3.8, 4) is 5.75 Å². The Morgan fingerprint density at radius 2 is 1.74 bits per heavy atom. The summed E-state index contributed by atoms with van der Waals surface area (Å²) >= 11 is 0. The summed E-state index contributed by atoms with van der Waals surface area (Å²) in [4.78, 5) is 0. The monoisotopic (exact) mass is 317 g/mol. The molecule has 23 heavy (non-hydrogen) atoms. The lowest BCUT2D eigenvalue weighted by Gasteiger charge is -2.25. The molecule has 0 fully saturated rings. The second kappa shape index (κ2) is 8.09. The number of nitrogens with one attached hydrogen (secondary N) is 1. The molecular weight excluding hydrogens is 293 g/mol. The van der Waals surface area contributed by atoms with Crippen LogP contribution in [0.2, 0.25) is 0 Å². The van der Waals surface area contributed by atoms with Crippen LogP contribution in [-0.4, -0.2) is 24.3 Å². The molecule has 3 nitrogen and oxygen atoms in total. The van der Waals surface area contributed by atoms with Crippen molar-refractivity contribution in [1.29, 1.82) is 0 Å². The molecule has 2 aromatic carbocycles. The number of aliphatic hydroxyl groups is 1. The van der Waals surface area contributed by atoms with Crippen molar-refractivity contribution < 1.29 is 14.2 Å². The highest BCUT2D eigenvalue weighted by Crippen LogP contribution is 2.21. The van der Waals surface area contributed by atoms with Gasteiger partial charge in [0, 0.05) is 12.1 Å². The predicted molar refractivity (Wildman–Crippen MR) is 90.1 cm³/mol. The van der Waals surface area contributed by atoms with Gasteiger partial charge in [0.2, 0.25) is 0 Å². The average Bonchev–Trinajstić information content (AvgIpc) is 2.56. The topological polar surface area (TPSA) is 41.5 Å². The molecule has 0 bridgehead atoms. The summed E-state index contributed by atoms with van der Waals surface area (Å²) in [5.41, 5.74) is 1.50. The lowest BCUT2D eigenvalue weighted by atomic mass is 10.0. The van der Waals surface area contributed by atoms with Crippen molar-refractivity contribution in [2.24, 2.45) is 0 Å². The van der Waals surface area contributed by atoms with Gasteiger partial charge in [-0.1, -0.05) is 30.3 Å². The third-order valence-corrected chi connectivity index (χ3v) is 3.96. The van der Waals surface area contributed by atoms with E-state index in [-0.39, 0.29) is 17.9 Å². The smallest absolute Gasteiger partial charge is 0.126 e. The molecule has 0 unspecified atom stereocenters. The number of hydrogen-bond donors (Lipinski definition) is 2. The van der Waals surface area contributed by atoms with E-state index < -0.39 is 6.10 Å². The third-order valence-electron chi connectivity index (χ3n) is 3.96. The minimum atomic E-state index is -0.635. The van der Waals surface area contributed by atoms with Gasteiger partial charge in [-0.15, -0.1) is 0 Å². The molecule has 2 rings (SSSR count). The molecule has 0 aliphatic heterocycles. The van der Waals surface area contributed by atoms with Gasteiger partial charge in [0.1, 0.15) is 11.6 Å². The fourth-order valence-corrected chi connectivity index (χ4v) is 2.68. The zero-order valence-electron chi connectivity index (χ0n) is 13.8. The summed E-state index contributed by atoms with van der Waals surface area (Å²) in [5.74, 6) is 0.569.